The second kappa shape index (κ2) is 7.20. The second-order valence-corrected chi connectivity index (χ2v) is 4.32. The second-order valence-electron chi connectivity index (χ2n) is 3.04. The molecule has 0 amide bonds. The van der Waals surface area contributed by atoms with Gasteiger partial charge >= 0.3 is 0 Å². The molecular formula is C8H17Cl2N. The molecule has 11 heavy (non-hydrogen) atoms. The molecule has 0 radical (unpaired) electrons. The minimum absolute atomic E-state index is 0.172. The van der Waals surface area contributed by atoms with Gasteiger partial charge in [0.1, 0.15) is 4.84 Å². The fourth-order valence-corrected chi connectivity index (χ4v) is 1.21. The van der Waals surface area contributed by atoms with Crippen molar-refractivity contribution in [2.75, 3.05) is 20.6 Å². The molecule has 0 N–H and O–H groups in total. The largest absolute Gasteiger partial charge is 0.309 e. The van der Waals surface area contributed by atoms with E-state index in [1.54, 1.807) is 0 Å². The van der Waals surface area contributed by atoms with Crippen molar-refractivity contribution in [3.8, 4) is 0 Å². The fraction of sp³-hybridized carbons (Fsp3) is 1.00. The van der Waals surface area contributed by atoms with Gasteiger partial charge in [0.2, 0.25) is 0 Å². The Balaban J connectivity index is 2.91. The van der Waals surface area contributed by atoms with E-state index in [4.69, 9.17) is 23.2 Å². The Bertz CT molecular complexity index is 74.2. The van der Waals surface area contributed by atoms with Gasteiger partial charge in [0.05, 0.1) is 0 Å². The zero-order valence-corrected chi connectivity index (χ0v) is 8.83. The summed E-state index contributed by atoms with van der Waals surface area (Å²) in [5, 5.41) is 0. The Labute approximate surface area is 79.7 Å². The summed E-state index contributed by atoms with van der Waals surface area (Å²) < 4.78 is 0. The van der Waals surface area contributed by atoms with Crippen LogP contribution in [0.4, 0.5) is 0 Å². The van der Waals surface area contributed by atoms with E-state index in [1.807, 2.05) is 0 Å². The third-order valence-corrected chi connectivity index (χ3v) is 1.96. The minimum atomic E-state index is -0.172. The van der Waals surface area contributed by atoms with Crippen molar-refractivity contribution in [3.63, 3.8) is 0 Å². The van der Waals surface area contributed by atoms with Crippen molar-refractivity contribution < 1.29 is 0 Å². The summed E-state index contributed by atoms with van der Waals surface area (Å²) in [6.07, 6.45) is 4.55. The van der Waals surface area contributed by atoms with Crippen LogP contribution in [-0.2, 0) is 0 Å². The molecular weight excluding hydrogens is 181 g/mol. The standard InChI is InChI=1S/C8H17Cl2N/c1-11(2)7-5-3-4-6-8(9)10/h8H,3-7H2,1-2H3. The smallest absolute Gasteiger partial charge is 0.107 e. The first-order chi connectivity index (χ1) is 5.13. The Morgan fingerprint density at radius 1 is 1.09 bits per heavy atom. The minimum Gasteiger partial charge on any atom is -0.309 e. The van der Waals surface area contributed by atoms with Crippen LogP contribution in [0, 0.1) is 0 Å². The van der Waals surface area contributed by atoms with Crippen molar-refractivity contribution in [2.24, 2.45) is 0 Å². The van der Waals surface area contributed by atoms with Crippen LogP contribution < -0.4 is 0 Å². The quantitative estimate of drug-likeness (QED) is 0.468. The molecule has 0 aromatic carbocycles. The summed E-state index contributed by atoms with van der Waals surface area (Å²) in [7, 11) is 4.18. The number of alkyl halides is 2. The van der Waals surface area contributed by atoms with E-state index in [0.717, 1.165) is 19.4 Å². The monoisotopic (exact) mass is 197 g/mol. The van der Waals surface area contributed by atoms with Gasteiger partial charge in [-0.1, -0.05) is 12.8 Å². The Morgan fingerprint density at radius 2 is 1.73 bits per heavy atom. The summed E-state index contributed by atoms with van der Waals surface area (Å²) in [6.45, 7) is 1.16. The van der Waals surface area contributed by atoms with Crippen LogP contribution in [0.3, 0.4) is 0 Å². The first-order valence-electron chi connectivity index (χ1n) is 4.06. The van der Waals surface area contributed by atoms with Crippen molar-refractivity contribution in [1.82, 2.24) is 4.90 Å². The molecule has 68 valence electrons. The van der Waals surface area contributed by atoms with Crippen LogP contribution in [0.25, 0.3) is 0 Å². The molecule has 0 atom stereocenters. The van der Waals surface area contributed by atoms with E-state index in [2.05, 4.69) is 19.0 Å². The fourth-order valence-electron chi connectivity index (χ4n) is 0.903. The zero-order chi connectivity index (χ0) is 8.69. The van der Waals surface area contributed by atoms with E-state index in [-0.39, 0.29) is 4.84 Å². The lowest BCUT2D eigenvalue weighted by Gasteiger charge is -2.08. The van der Waals surface area contributed by atoms with Crippen molar-refractivity contribution >= 4 is 23.2 Å². The average molecular weight is 198 g/mol. The average Bonchev–Trinajstić information content (AvgIpc) is 1.85. The van der Waals surface area contributed by atoms with Gasteiger partial charge in [-0.05, 0) is 33.5 Å². The molecule has 0 aliphatic carbocycles. The summed E-state index contributed by atoms with van der Waals surface area (Å²) in [4.78, 5) is 2.02. The molecule has 0 saturated carbocycles. The topological polar surface area (TPSA) is 3.24 Å². The lowest BCUT2D eigenvalue weighted by atomic mass is 10.2. The first-order valence-corrected chi connectivity index (χ1v) is 4.93. The summed E-state index contributed by atoms with van der Waals surface area (Å²) in [5.74, 6) is 0. The maximum Gasteiger partial charge on any atom is 0.107 e. The number of nitrogens with zero attached hydrogens (tertiary/aromatic N) is 1. The van der Waals surface area contributed by atoms with Crippen LogP contribution in [0.15, 0.2) is 0 Å². The molecule has 0 fully saturated rings. The highest BCUT2D eigenvalue weighted by molar-refractivity contribution is 6.44. The maximum atomic E-state index is 5.57. The van der Waals surface area contributed by atoms with E-state index in [0.29, 0.717) is 0 Å². The molecule has 1 nitrogen and oxygen atoms in total. The van der Waals surface area contributed by atoms with Crippen LogP contribution >= 0.6 is 23.2 Å². The van der Waals surface area contributed by atoms with Gasteiger partial charge in [-0.2, -0.15) is 0 Å². The van der Waals surface area contributed by atoms with Gasteiger partial charge in [0.25, 0.3) is 0 Å². The highest BCUT2D eigenvalue weighted by atomic mass is 35.5. The third-order valence-electron chi connectivity index (χ3n) is 1.53. The number of unbranched alkanes of at least 4 members (excludes halogenated alkanes) is 2. The molecule has 0 saturated heterocycles. The lowest BCUT2D eigenvalue weighted by molar-refractivity contribution is 0.391. The van der Waals surface area contributed by atoms with Gasteiger partial charge in [-0.25, -0.2) is 0 Å². The molecule has 0 rings (SSSR count). The van der Waals surface area contributed by atoms with Crippen molar-refractivity contribution in [2.45, 2.75) is 30.5 Å². The molecule has 0 aromatic heterocycles. The van der Waals surface area contributed by atoms with Crippen molar-refractivity contribution in [1.29, 1.82) is 0 Å². The van der Waals surface area contributed by atoms with Crippen molar-refractivity contribution in [3.05, 3.63) is 0 Å². The van der Waals surface area contributed by atoms with Crippen LogP contribution in [-0.4, -0.2) is 30.4 Å². The highest BCUT2D eigenvalue weighted by Crippen LogP contribution is 2.12. The Morgan fingerprint density at radius 3 is 2.18 bits per heavy atom. The predicted octanol–water partition coefficient (Wildman–Crippen LogP) is 2.91. The van der Waals surface area contributed by atoms with Gasteiger partial charge < -0.3 is 4.90 Å². The number of rotatable bonds is 6. The molecule has 0 bridgehead atoms. The number of halogens is 2. The highest BCUT2D eigenvalue weighted by Gasteiger charge is 1.97. The molecule has 3 heteroatoms. The SMILES string of the molecule is CN(C)CCCCCC(Cl)Cl. The van der Waals surface area contributed by atoms with E-state index in [1.165, 1.54) is 12.8 Å². The molecule has 0 aliphatic rings. The maximum absolute atomic E-state index is 5.57. The van der Waals surface area contributed by atoms with Gasteiger partial charge in [-0.3, -0.25) is 0 Å². The van der Waals surface area contributed by atoms with Crippen LogP contribution in [0.2, 0.25) is 0 Å². The molecule has 0 aromatic rings. The Hall–Kier alpha value is 0.540. The predicted molar refractivity (Wildman–Crippen MR) is 52.5 cm³/mol. The van der Waals surface area contributed by atoms with E-state index >= 15 is 0 Å². The van der Waals surface area contributed by atoms with Crippen LogP contribution in [0.5, 0.6) is 0 Å². The van der Waals surface area contributed by atoms with E-state index < -0.39 is 0 Å². The number of hydrogen-bond acceptors (Lipinski definition) is 1. The molecule has 0 heterocycles. The van der Waals surface area contributed by atoms with Gasteiger partial charge in [-0.15, -0.1) is 23.2 Å². The first kappa shape index (κ1) is 11.5. The van der Waals surface area contributed by atoms with Crippen LogP contribution in [0.1, 0.15) is 25.7 Å². The third kappa shape index (κ3) is 10.5. The normalized spacial score (nSPS) is 11.5. The van der Waals surface area contributed by atoms with E-state index in [9.17, 15) is 0 Å². The molecule has 0 unspecified atom stereocenters. The molecule has 0 aliphatic heterocycles. The Kier molecular flexibility index (Phi) is 7.56. The van der Waals surface area contributed by atoms with Gasteiger partial charge in [0.15, 0.2) is 0 Å². The zero-order valence-electron chi connectivity index (χ0n) is 7.32. The summed E-state index contributed by atoms with van der Waals surface area (Å²) in [5.41, 5.74) is 0. The summed E-state index contributed by atoms with van der Waals surface area (Å²) >= 11 is 11.1. The van der Waals surface area contributed by atoms with Gasteiger partial charge in [0, 0.05) is 0 Å². The summed E-state index contributed by atoms with van der Waals surface area (Å²) in [6, 6.07) is 0. The number of hydrogen-bond donors (Lipinski definition) is 0. The lowest BCUT2D eigenvalue weighted by Crippen LogP contribution is -2.12. The molecule has 0 spiro atoms.